The van der Waals surface area contributed by atoms with Crippen molar-refractivity contribution in [2.45, 2.75) is 32.2 Å². The van der Waals surface area contributed by atoms with Crippen LogP contribution in [0.15, 0.2) is 35.3 Å². The molecule has 1 aromatic rings. The van der Waals surface area contributed by atoms with Gasteiger partial charge in [0.15, 0.2) is 0 Å². The summed E-state index contributed by atoms with van der Waals surface area (Å²) in [4.78, 5) is 0. The van der Waals surface area contributed by atoms with E-state index in [1.165, 1.54) is 6.07 Å². The molecule has 1 atom stereocenters. The third-order valence-corrected chi connectivity index (χ3v) is 3.41. The average molecular weight is 300 g/mol. The van der Waals surface area contributed by atoms with E-state index in [1.807, 2.05) is 6.08 Å². The third kappa shape index (κ3) is 4.60. The fourth-order valence-corrected chi connectivity index (χ4v) is 2.38. The van der Waals surface area contributed by atoms with Crippen LogP contribution >= 0.6 is 15.9 Å². The summed E-state index contributed by atoms with van der Waals surface area (Å²) in [6.45, 7) is 6.66. The van der Waals surface area contributed by atoms with Crippen molar-refractivity contribution in [3.8, 4) is 0 Å². The maximum absolute atomic E-state index is 13.3. The van der Waals surface area contributed by atoms with E-state index >= 15 is 0 Å². The smallest absolute Gasteiger partial charge is 0.123 e. The maximum Gasteiger partial charge on any atom is 0.123 e. The molecule has 0 radical (unpaired) electrons. The lowest BCUT2D eigenvalue weighted by Crippen LogP contribution is -2.21. The molecule has 1 nitrogen and oxygen atoms in total. The van der Waals surface area contributed by atoms with Gasteiger partial charge in [0.2, 0.25) is 0 Å². The molecule has 0 saturated carbocycles. The zero-order chi connectivity index (χ0) is 12.7. The summed E-state index contributed by atoms with van der Waals surface area (Å²) >= 11 is 3.48. The first-order valence-electron chi connectivity index (χ1n) is 5.98. The second kappa shape index (κ2) is 7.62. The first-order valence-corrected chi connectivity index (χ1v) is 6.77. The van der Waals surface area contributed by atoms with Crippen LogP contribution in [0, 0.1) is 5.82 Å². The zero-order valence-electron chi connectivity index (χ0n) is 10.2. The molecule has 1 rings (SSSR count). The van der Waals surface area contributed by atoms with Crippen molar-refractivity contribution in [3.05, 3.63) is 46.7 Å². The van der Waals surface area contributed by atoms with Crippen molar-refractivity contribution in [2.75, 3.05) is 6.54 Å². The second-order valence-electron chi connectivity index (χ2n) is 4.00. The molecule has 0 aliphatic carbocycles. The van der Waals surface area contributed by atoms with Crippen molar-refractivity contribution >= 4 is 15.9 Å². The standard InChI is InChI=1S/C14H19BrFN/c1-3-5-6-7-14(17-4-2)12-10-11(16)8-9-13(12)15/h3,8-10,14,17H,1,4-7H2,2H3. The van der Waals surface area contributed by atoms with Gasteiger partial charge in [0.05, 0.1) is 0 Å². The van der Waals surface area contributed by atoms with Crippen molar-refractivity contribution < 1.29 is 4.39 Å². The minimum atomic E-state index is -0.185. The summed E-state index contributed by atoms with van der Waals surface area (Å²) in [5, 5.41) is 3.39. The Labute approximate surface area is 111 Å². The number of nitrogens with one attached hydrogen (secondary N) is 1. The van der Waals surface area contributed by atoms with E-state index in [0.29, 0.717) is 0 Å². The lowest BCUT2D eigenvalue weighted by Gasteiger charge is -2.19. The van der Waals surface area contributed by atoms with E-state index in [0.717, 1.165) is 35.8 Å². The Morgan fingerprint density at radius 2 is 2.29 bits per heavy atom. The van der Waals surface area contributed by atoms with Crippen LogP contribution in [-0.2, 0) is 0 Å². The molecule has 1 unspecified atom stereocenters. The largest absolute Gasteiger partial charge is 0.310 e. The maximum atomic E-state index is 13.3. The first kappa shape index (κ1) is 14.4. The molecule has 17 heavy (non-hydrogen) atoms. The van der Waals surface area contributed by atoms with Crippen LogP contribution in [0.5, 0.6) is 0 Å². The predicted molar refractivity (Wildman–Crippen MR) is 74.6 cm³/mol. The van der Waals surface area contributed by atoms with Crippen LogP contribution in [0.1, 0.15) is 37.8 Å². The molecule has 0 aromatic heterocycles. The van der Waals surface area contributed by atoms with Gasteiger partial charge in [-0.25, -0.2) is 4.39 Å². The molecule has 1 aromatic carbocycles. The van der Waals surface area contributed by atoms with Gasteiger partial charge < -0.3 is 5.32 Å². The van der Waals surface area contributed by atoms with E-state index in [9.17, 15) is 4.39 Å². The molecule has 0 aliphatic rings. The molecule has 0 amide bonds. The highest BCUT2D eigenvalue weighted by molar-refractivity contribution is 9.10. The van der Waals surface area contributed by atoms with Gasteiger partial charge in [-0.1, -0.05) is 28.9 Å². The van der Waals surface area contributed by atoms with Gasteiger partial charge in [0, 0.05) is 10.5 Å². The van der Waals surface area contributed by atoms with Gasteiger partial charge in [0.25, 0.3) is 0 Å². The fraction of sp³-hybridized carbons (Fsp3) is 0.429. The molecule has 0 saturated heterocycles. The van der Waals surface area contributed by atoms with E-state index in [-0.39, 0.29) is 11.9 Å². The third-order valence-electron chi connectivity index (χ3n) is 2.69. The van der Waals surface area contributed by atoms with Crippen LogP contribution in [0.2, 0.25) is 0 Å². The van der Waals surface area contributed by atoms with Crippen molar-refractivity contribution in [1.29, 1.82) is 0 Å². The number of hydrogen-bond donors (Lipinski definition) is 1. The summed E-state index contributed by atoms with van der Waals surface area (Å²) in [5.74, 6) is -0.185. The minimum Gasteiger partial charge on any atom is -0.310 e. The van der Waals surface area contributed by atoms with E-state index in [4.69, 9.17) is 0 Å². The van der Waals surface area contributed by atoms with Gasteiger partial charge in [-0.3, -0.25) is 0 Å². The van der Waals surface area contributed by atoms with Crippen molar-refractivity contribution in [2.24, 2.45) is 0 Å². The Hall–Kier alpha value is -0.670. The lowest BCUT2D eigenvalue weighted by molar-refractivity contribution is 0.495. The Bertz CT molecular complexity index is 365. The monoisotopic (exact) mass is 299 g/mol. The molecule has 0 spiro atoms. The van der Waals surface area contributed by atoms with Gasteiger partial charge >= 0.3 is 0 Å². The van der Waals surface area contributed by atoms with Crippen LogP contribution in [0.25, 0.3) is 0 Å². The summed E-state index contributed by atoms with van der Waals surface area (Å²) in [6, 6.07) is 5.04. The summed E-state index contributed by atoms with van der Waals surface area (Å²) in [7, 11) is 0. The van der Waals surface area contributed by atoms with Crippen LogP contribution in [0.4, 0.5) is 4.39 Å². The molecule has 0 heterocycles. The molecule has 94 valence electrons. The highest BCUT2D eigenvalue weighted by Gasteiger charge is 2.13. The number of hydrogen-bond acceptors (Lipinski definition) is 1. The summed E-state index contributed by atoms with van der Waals surface area (Å²) in [5.41, 5.74) is 0.996. The average Bonchev–Trinajstić information content (AvgIpc) is 2.32. The van der Waals surface area contributed by atoms with Crippen LogP contribution in [0.3, 0.4) is 0 Å². The number of allylic oxidation sites excluding steroid dienone is 1. The van der Waals surface area contributed by atoms with Gasteiger partial charge in [-0.15, -0.1) is 6.58 Å². The van der Waals surface area contributed by atoms with Crippen LogP contribution in [-0.4, -0.2) is 6.54 Å². The van der Waals surface area contributed by atoms with E-state index < -0.39 is 0 Å². The number of unbranched alkanes of at least 4 members (excludes halogenated alkanes) is 1. The Kier molecular flexibility index (Phi) is 6.45. The fourth-order valence-electron chi connectivity index (χ4n) is 1.86. The zero-order valence-corrected chi connectivity index (χ0v) is 11.8. The molecule has 0 bridgehead atoms. The normalized spacial score (nSPS) is 12.4. The number of halogens is 2. The highest BCUT2D eigenvalue weighted by Crippen LogP contribution is 2.27. The first-order chi connectivity index (χ1) is 8.19. The Balaban J connectivity index is 2.80. The second-order valence-corrected chi connectivity index (χ2v) is 4.85. The van der Waals surface area contributed by atoms with Gasteiger partial charge in [-0.2, -0.15) is 0 Å². The molecular weight excluding hydrogens is 281 g/mol. The Morgan fingerprint density at radius 3 is 2.94 bits per heavy atom. The van der Waals surface area contributed by atoms with Gasteiger partial charge in [-0.05, 0) is 49.6 Å². The number of rotatable bonds is 7. The van der Waals surface area contributed by atoms with Gasteiger partial charge in [0.1, 0.15) is 5.82 Å². The summed E-state index contributed by atoms with van der Waals surface area (Å²) in [6.07, 6.45) is 4.96. The predicted octanol–water partition coefficient (Wildman–Crippen LogP) is 4.60. The molecule has 0 aliphatic heterocycles. The lowest BCUT2D eigenvalue weighted by atomic mass is 10.0. The van der Waals surface area contributed by atoms with Crippen LogP contribution < -0.4 is 5.32 Å². The molecule has 0 fully saturated rings. The van der Waals surface area contributed by atoms with Crippen molar-refractivity contribution in [1.82, 2.24) is 5.32 Å². The topological polar surface area (TPSA) is 12.0 Å². The van der Waals surface area contributed by atoms with Crippen molar-refractivity contribution in [3.63, 3.8) is 0 Å². The highest BCUT2D eigenvalue weighted by atomic mass is 79.9. The Morgan fingerprint density at radius 1 is 1.53 bits per heavy atom. The minimum absolute atomic E-state index is 0.185. The number of benzene rings is 1. The quantitative estimate of drug-likeness (QED) is 0.573. The van der Waals surface area contributed by atoms with E-state index in [1.54, 1.807) is 12.1 Å². The SMILES string of the molecule is C=CCCCC(NCC)c1cc(F)ccc1Br. The van der Waals surface area contributed by atoms with E-state index in [2.05, 4.69) is 34.7 Å². The molecule has 1 N–H and O–H groups in total. The summed E-state index contributed by atoms with van der Waals surface area (Å²) < 4.78 is 14.2. The molecular formula is C14H19BrFN. The molecule has 3 heteroatoms.